The topological polar surface area (TPSA) is 80.0 Å². The first-order valence-electron chi connectivity index (χ1n) is 5.53. The van der Waals surface area contributed by atoms with E-state index >= 15 is 0 Å². The fraction of sp³-hybridized carbons (Fsp3) is 0.455. The van der Waals surface area contributed by atoms with Crippen molar-refractivity contribution in [1.82, 2.24) is 10.4 Å². The van der Waals surface area contributed by atoms with Gasteiger partial charge in [0.15, 0.2) is 0 Å². The molecule has 1 aliphatic carbocycles. The Hall–Kier alpha value is -1.62. The summed E-state index contributed by atoms with van der Waals surface area (Å²) in [7, 11) is 0. The van der Waals surface area contributed by atoms with Gasteiger partial charge < -0.3 is 11.2 Å². The van der Waals surface area contributed by atoms with E-state index in [4.69, 9.17) is 5.73 Å². The number of carbonyl (C=O) groups is 1. The molecule has 1 aromatic heterocycles. The van der Waals surface area contributed by atoms with Crippen LogP contribution in [0, 0.1) is 0 Å². The second kappa shape index (κ2) is 4.94. The number of primary amides is 1. The van der Waals surface area contributed by atoms with Crippen molar-refractivity contribution in [3.05, 3.63) is 23.9 Å². The molecule has 1 heterocycles. The lowest BCUT2D eigenvalue weighted by Crippen LogP contribution is -2.32. The molecule has 1 aromatic rings. The molecule has 4 N–H and O–H groups in total. The summed E-state index contributed by atoms with van der Waals surface area (Å²) < 4.78 is 0. The van der Waals surface area contributed by atoms with Crippen LogP contribution in [-0.2, 0) is 0 Å². The Labute approximate surface area is 94.4 Å². The molecule has 1 aliphatic rings. The van der Waals surface area contributed by atoms with Gasteiger partial charge in [0.1, 0.15) is 5.82 Å². The molecule has 0 atom stereocenters. The molecule has 1 saturated carbocycles. The van der Waals surface area contributed by atoms with Crippen molar-refractivity contribution in [2.24, 2.45) is 5.73 Å². The molecule has 5 nitrogen and oxygen atoms in total. The molecule has 86 valence electrons. The standard InChI is InChI=1S/C11H16N4O/c12-11(16)8-5-6-10(13-7-8)15-14-9-3-1-2-4-9/h5-7,9,14H,1-4H2,(H2,12,16)(H,13,15). The highest BCUT2D eigenvalue weighted by atomic mass is 16.1. The number of nitrogens with two attached hydrogens (primary N) is 1. The van der Waals surface area contributed by atoms with Gasteiger partial charge in [0.05, 0.1) is 5.56 Å². The number of nitrogens with one attached hydrogen (secondary N) is 2. The van der Waals surface area contributed by atoms with Crippen LogP contribution in [0.1, 0.15) is 36.0 Å². The molecule has 0 saturated heterocycles. The summed E-state index contributed by atoms with van der Waals surface area (Å²) in [5.41, 5.74) is 11.8. The molecule has 1 amide bonds. The Morgan fingerprint density at radius 2 is 2.12 bits per heavy atom. The molecule has 1 fully saturated rings. The highest BCUT2D eigenvalue weighted by Crippen LogP contribution is 2.17. The van der Waals surface area contributed by atoms with E-state index in [1.807, 2.05) is 0 Å². The van der Waals surface area contributed by atoms with Crippen LogP contribution in [0.5, 0.6) is 0 Å². The lowest BCUT2D eigenvalue weighted by Gasteiger charge is -2.13. The zero-order valence-corrected chi connectivity index (χ0v) is 9.07. The second-order valence-corrected chi connectivity index (χ2v) is 4.05. The number of pyridine rings is 1. The van der Waals surface area contributed by atoms with Gasteiger partial charge in [-0.2, -0.15) is 0 Å². The van der Waals surface area contributed by atoms with Crippen molar-refractivity contribution in [2.45, 2.75) is 31.7 Å². The zero-order chi connectivity index (χ0) is 11.4. The van der Waals surface area contributed by atoms with E-state index in [0.717, 1.165) is 0 Å². The quantitative estimate of drug-likeness (QED) is 0.662. The summed E-state index contributed by atoms with van der Waals surface area (Å²) in [6.07, 6.45) is 6.44. The number of hydrogen-bond donors (Lipinski definition) is 3. The third kappa shape index (κ3) is 2.70. The van der Waals surface area contributed by atoms with E-state index < -0.39 is 5.91 Å². The first-order valence-corrected chi connectivity index (χ1v) is 5.53. The number of rotatable bonds is 4. The Morgan fingerprint density at radius 1 is 1.38 bits per heavy atom. The normalized spacial score (nSPS) is 16.2. The third-order valence-electron chi connectivity index (χ3n) is 2.81. The van der Waals surface area contributed by atoms with Gasteiger partial charge in [0, 0.05) is 12.2 Å². The van der Waals surface area contributed by atoms with Gasteiger partial charge >= 0.3 is 0 Å². The summed E-state index contributed by atoms with van der Waals surface area (Å²) in [5, 5.41) is 0. The van der Waals surface area contributed by atoms with Crippen molar-refractivity contribution in [1.29, 1.82) is 0 Å². The van der Waals surface area contributed by atoms with Crippen molar-refractivity contribution in [3.63, 3.8) is 0 Å². The first-order chi connectivity index (χ1) is 7.75. The van der Waals surface area contributed by atoms with Crippen LogP contribution in [0.4, 0.5) is 5.82 Å². The highest BCUT2D eigenvalue weighted by Gasteiger charge is 2.13. The van der Waals surface area contributed by atoms with Crippen molar-refractivity contribution in [3.8, 4) is 0 Å². The maximum Gasteiger partial charge on any atom is 0.250 e. The Bertz CT molecular complexity index is 357. The second-order valence-electron chi connectivity index (χ2n) is 4.05. The van der Waals surface area contributed by atoms with E-state index in [1.54, 1.807) is 12.1 Å². The Kier molecular flexibility index (Phi) is 3.36. The van der Waals surface area contributed by atoms with Crippen LogP contribution in [0.2, 0.25) is 0 Å². The van der Waals surface area contributed by atoms with Gasteiger partial charge in [-0.25, -0.2) is 10.4 Å². The number of aromatic nitrogens is 1. The lowest BCUT2D eigenvalue weighted by molar-refractivity contribution is 0.1000. The van der Waals surface area contributed by atoms with E-state index in [2.05, 4.69) is 15.8 Å². The van der Waals surface area contributed by atoms with Gasteiger partial charge in [-0.15, -0.1) is 0 Å². The minimum Gasteiger partial charge on any atom is -0.366 e. The van der Waals surface area contributed by atoms with E-state index in [-0.39, 0.29) is 0 Å². The average molecular weight is 220 g/mol. The maximum absolute atomic E-state index is 10.8. The number of amides is 1. The molecule has 2 rings (SSSR count). The van der Waals surface area contributed by atoms with E-state index in [1.165, 1.54) is 31.9 Å². The summed E-state index contributed by atoms with van der Waals surface area (Å²) in [5.74, 6) is 0.250. The number of hydrazine groups is 1. The SMILES string of the molecule is NC(=O)c1ccc(NNC2CCCC2)nc1. The molecule has 0 aromatic carbocycles. The van der Waals surface area contributed by atoms with Crippen LogP contribution in [0.3, 0.4) is 0 Å². The Balaban J connectivity index is 1.87. The van der Waals surface area contributed by atoms with E-state index in [9.17, 15) is 4.79 Å². The molecule has 16 heavy (non-hydrogen) atoms. The van der Waals surface area contributed by atoms with Crippen molar-refractivity contribution in [2.75, 3.05) is 5.43 Å². The molecular formula is C11H16N4O. The molecular weight excluding hydrogens is 204 g/mol. The first kappa shape index (κ1) is 10.9. The molecule has 0 aliphatic heterocycles. The largest absolute Gasteiger partial charge is 0.366 e. The molecule has 0 bridgehead atoms. The minimum atomic E-state index is -0.456. The summed E-state index contributed by atoms with van der Waals surface area (Å²) in [6, 6.07) is 3.92. The fourth-order valence-corrected chi connectivity index (χ4v) is 1.86. The summed E-state index contributed by atoms with van der Waals surface area (Å²) >= 11 is 0. The van der Waals surface area contributed by atoms with Gasteiger partial charge in [-0.3, -0.25) is 4.79 Å². The van der Waals surface area contributed by atoms with Gasteiger partial charge in [0.2, 0.25) is 5.91 Å². The van der Waals surface area contributed by atoms with Gasteiger partial charge in [-0.1, -0.05) is 12.8 Å². The molecule has 5 heteroatoms. The average Bonchev–Trinajstić information content (AvgIpc) is 2.80. The number of carbonyl (C=O) groups excluding carboxylic acids is 1. The van der Waals surface area contributed by atoms with Crippen LogP contribution in [-0.4, -0.2) is 16.9 Å². The van der Waals surface area contributed by atoms with Crippen LogP contribution >= 0.6 is 0 Å². The van der Waals surface area contributed by atoms with Crippen LogP contribution < -0.4 is 16.6 Å². The predicted octanol–water partition coefficient (Wildman–Crippen LogP) is 1.04. The minimum absolute atomic E-state index is 0.423. The fourth-order valence-electron chi connectivity index (χ4n) is 1.86. The summed E-state index contributed by atoms with van der Waals surface area (Å²) in [6.45, 7) is 0. The molecule has 0 spiro atoms. The van der Waals surface area contributed by atoms with Crippen LogP contribution in [0.15, 0.2) is 18.3 Å². The number of anilines is 1. The smallest absolute Gasteiger partial charge is 0.250 e. The van der Waals surface area contributed by atoms with Crippen molar-refractivity contribution >= 4 is 11.7 Å². The van der Waals surface area contributed by atoms with Crippen molar-refractivity contribution < 1.29 is 4.79 Å². The molecule has 0 radical (unpaired) electrons. The monoisotopic (exact) mass is 220 g/mol. The maximum atomic E-state index is 10.8. The van der Waals surface area contributed by atoms with Gasteiger partial charge in [-0.05, 0) is 25.0 Å². The third-order valence-corrected chi connectivity index (χ3v) is 2.81. The van der Waals surface area contributed by atoms with Gasteiger partial charge in [0.25, 0.3) is 0 Å². The van der Waals surface area contributed by atoms with E-state index in [0.29, 0.717) is 17.4 Å². The zero-order valence-electron chi connectivity index (χ0n) is 9.07. The Morgan fingerprint density at radius 3 is 2.69 bits per heavy atom. The summed E-state index contributed by atoms with van der Waals surface area (Å²) in [4.78, 5) is 14.9. The highest BCUT2D eigenvalue weighted by molar-refractivity contribution is 5.92. The molecule has 0 unspecified atom stereocenters. The number of hydrogen-bond acceptors (Lipinski definition) is 4. The van der Waals surface area contributed by atoms with Crippen LogP contribution in [0.25, 0.3) is 0 Å². The predicted molar refractivity (Wildman–Crippen MR) is 61.8 cm³/mol. The number of nitrogens with zero attached hydrogens (tertiary/aromatic N) is 1. The lowest BCUT2D eigenvalue weighted by atomic mass is 10.3.